The van der Waals surface area contributed by atoms with Gasteiger partial charge < -0.3 is 10.2 Å². The third kappa shape index (κ3) is 4.10. The minimum atomic E-state index is 0.0276. The topological polar surface area (TPSA) is 62.3 Å². The number of nitrogens with zero attached hydrogens (tertiary/aromatic N) is 2. The second-order valence-electron chi connectivity index (χ2n) is 6.27. The first kappa shape index (κ1) is 18.1. The van der Waals surface area contributed by atoms with Crippen molar-refractivity contribution < 1.29 is 9.59 Å². The molecule has 3 heterocycles. The highest BCUT2D eigenvalue weighted by Gasteiger charge is 2.29. The number of thiazole rings is 1. The Kier molecular flexibility index (Phi) is 5.86. The van der Waals surface area contributed by atoms with Crippen molar-refractivity contribution in [3.8, 4) is 9.88 Å². The van der Waals surface area contributed by atoms with Crippen molar-refractivity contribution in [2.75, 3.05) is 19.6 Å². The number of carbonyl (C=O) groups is 2. The van der Waals surface area contributed by atoms with Crippen LogP contribution in [0.5, 0.6) is 0 Å². The molecule has 0 radical (unpaired) electrons. The fourth-order valence-corrected chi connectivity index (χ4v) is 4.81. The van der Waals surface area contributed by atoms with Gasteiger partial charge in [-0.25, -0.2) is 4.98 Å². The van der Waals surface area contributed by atoms with E-state index in [-0.39, 0.29) is 17.7 Å². The van der Waals surface area contributed by atoms with E-state index in [1.54, 1.807) is 11.3 Å². The number of aryl methyl sites for hydroxylation is 1. The third-order valence-electron chi connectivity index (χ3n) is 4.42. The summed E-state index contributed by atoms with van der Waals surface area (Å²) in [7, 11) is 0. The number of carbonyl (C=O) groups excluding carboxylic acids is 2. The molecule has 0 aromatic carbocycles. The molecule has 2 aromatic rings. The van der Waals surface area contributed by atoms with Crippen LogP contribution in [0, 0.1) is 12.8 Å². The highest BCUT2D eigenvalue weighted by atomic mass is 32.1. The number of aromatic nitrogens is 1. The van der Waals surface area contributed by atoms with Gasteiger partial charge in [0.05, 0.1) is 10.6 Å². The van der Waals surface area contributed by atoms with Crippen LogP contribution in [0.1, 0.15) is 41.6 Å². The van der Waals surface area contributed by atoms with E-state index in [1.807, 2.05) is 36.3 Å². The van der Waals surface area contributed by atoms with E-state index in [2.05, 4.69) is 10.3 Å². The summed E-state index contributed by atoms with van der Waals surface area (Å²) >= 11 is 3.10. The van der Waals surface area contributed by atoms with Crippen molar-refractivity contribution in [3.63, 3.8) is 0 Å². The Labute approximate surface area is 156 Å². The Hall–Kier alpha value is -1.73. The Morgan fingerprint density at radius 2 is 2.12 bits per heavy atom. The first-order chi connectivity index (χ1) is 12.1. The number of rotatable bonds is 5. The monoisotopic (exact) mass is 377 g/mol. The zero-order valence-corrected chi connectivity index (χ0v) is 16.2. The molecule has 1 aliphatic heterocycles. The molecule has 5 nitrogen and oxygen atoms in total. The zero-order valence-electron chi connectivity index (χ0n) is 14.6. The van der Waals surface area contributed by atoms with Crippen molar-refractivity contribution in [1.29, 1.82) is 0 Å². The van der Waals surface area contributed by atoms with Gasteiger partial charge in [0.15, 0.2) is 0 Å². The van der Waals surface area contributed by atoms with Gasteiger partial charge >= 0.3 is 0 Å². The van der Waals surface area contributed by atoms with Gasteiger partial charge in [0.1, 0.15) is 9.88 Å². The van der Waals surface area contributed by atoms with Gasteiger partial charge in [-0.05, 0) is 37.6 Å². The Bertz CT molecular complexity index is 732. The molecule has 0 saturated carbocycles. The van der Waals surface area contributed by atoms with Crippen molar-refractivity contribution in [2.24, 2.45) is 5.92 Å². The Morgan fingerprint density at radius 3 is 2.76 bits per heavy atom. The molecule has 0 unspecified atom stereocenters. The van der Waals surface area contributed by atoms with Crippen LogP contribution in [-0.2, 0) is 4.79 Å². The number of hydrogen-bond donors (Lipinski definition) is 1. The van der Waals surface area contributed by atoms with Gasteiger partial charge in [-0.3, -0.25) is 9.59 Å². The maximum absolute atomic E-state index is 12.9. The largest absolute Gasteiger partial charge is 0.356 e. The standard InChI is InChI=1S/C18H23N3O2S2/c1-3-8-19-16(22)13-6-9-21(10-7-13)18(23)15-12(2)20-17(25-15)14-5-4-11-24-14/h4-5,11,13H,3,6-10H2,1-2H3,(H,19,22). The van der Waals surface area contributed by atoms with Crippen molar-refractivity contribution in [1.82, 2.24) is 15.2 Å². The second kappa shape index (κ2) is 8.10. The summed E-state index contributed by atoms with van der Waals surface area (Å²) in [6.07, 6.45) is 2.41. The predicted molar refractivity (Wildman–Crippen MR) is 102 cm³/mol. The van der Waals surface area contributed by atoms with Gasteiger partial charge in [-0.1, -0.05) is 13.0 Å². The van der Waals surface area contributed by atoms with E-state index >= 15 is 0 Å². The first-order valence-corrected chi connectivity index (χ1v) is 10.4. The molecule has 2 amide bonds. The average molecular weight is 378 g/mol. The van der Waals surface area contributed by atoms with E-state index in [4.69, 9.17) is 0 Å². The molecule has 1 N–H and O–H groups in total. The van der Waals surface area contributed by atoms with Gasteiger partial charge in [-0.2, -0.15) is 0 Å². The van der Waals surface area contributed by atoms with E-state index in [0.29, 0.717) is 13.1 Å². The lowest BCUT2D eigenvalue weighted by Gasteiger charge is -2.31. The number of nitrogens with one attached hydrogen (secondary N) is 1. The van der Waals surface area contributed by atoms with Crippen LogP contribution in [0.15, 0.2) is 17.5 Å². The molecule has 1 aliphatic rings. The van der Waals surface area contributed by atoms with Gasteiger partial charge in [-0.15, -0.1) is 22.7 Å². The van der Waals surface area contributed by atoms with Crippen LogP contribution in [0.2, 0.25) is 0 Å². The maximum Gasteiger partial charge on any atom is 0.265 e. The predicted octanol–water partition coefficient (Wildman–Crippen LogP) is 3.56. The average Bonchev–Trinajstić information content (AvgIpc) is 3.28. The molecule has 1 saturated heterocycles. The normalized spacial score (nSPS) is 15.4. The van der Waals surface area contributed by atoms with Crippen LogP contribution in [0.3, 0.4) is 0 Å². The lowest BCUT2D eigenvalue weighted by molar-refractivity contribution is -0.126. The quantitative estimate of drug-likeness (QED) is 0.867. The molecule has 3 rings (SSSR count). The smallest absolute Gasteiger partial charge is 0.265 e. The zero-order chi connectivity index (χ0) is 17.8. The summed E-state index contributed by atoms with van der Waals surface area (Å²) < 4.78 is 0. The van der Waals surface area contributed by atoms with Crippen LogP contribution in [0.25, 0.3) is 9.88 Å². The highest BCUT2D eigenvalue weighted by Crippen LogP contribution is 2.32. The van der Waals surface area contributed by atoms with Gasteiger partial charge in [0.2, 0.25) is 5.91 Å². The molecule has 0 bridgehead atoms. The first-order valence-electron chi connectivity index (χ1n) is 8.68. The van der Waals surface area contributed by atoms with Gasteiger partial charge in [0, 0.05) is 25.6 Å². The van der Waals surface area contributed by atoms with Crippen molar-refractivity contribution >= 4 is 34.5 Å². The summed E-state index contributed by atoms with van der Waals surface area (Å²) in [5.74, 6) is 0.202. The van der Waals surface area contributed by atoms with Crippen LogP contribution >= 0.6 is 22.7 Å². The summed E-state index contributed by atoms with van der Waals surface area (Å²) in [6.45, 7) is 5.93. The lowest BCUT2D eigenvalue weighted by Crippen LogP contribution is -2.43. The number of likely N-dealkylation sites (tertiary alicyclic amines) is 1. The molecule has 0 aliphatic carbocycles. The third-order valence-corrected chi connectivity index (χ3v) is 6.61. The molecule has 2 aromatic heterocycles. The second-order valence-corrected chi connectivity index (χ2v) is 8.22. The van der Waals surface area contributed by atoms with Crippen molar-refractivity contribution in [3.05, 3.63) is 28.1 Å². The summed E-state index contributed by atoms with van der Waals surface area (Å²) in [5.41, 5.74) is 0.793. The van der Waals surface area contributed by atoms with E-state index in [9.17, 15) is 9.59 Å². The van der Waals surface area contributed by atoms with Crippen LogP contribution < -0.4 is 5.32 Å². The minimum absolute atomic E-state index is 0.0276. The van der Waals surface area contributed by atoms with Gasteiger partial charge in [0.25, 0.3) is 5.91 Å². The van der Waals surface area contributed by atoms with E-state index < -0.39 is 0 Å². The molecule has 134 valence electrons. The molecule has 0 atom stereocenters. The maximum atomic E-state index is 12.9. The summed E-state index contributed by atoms with van der Waals surface area (Å²) in [5, 5.41) is 5.88. The SMILES string of the molecule is CCCNC(=O)C1CCN(C(=O)c2sc(-c3cccs3)nc2C)CC1. The number of amides is 2. The number of piperidine rings is 1. The molecule has 7 heteroatoms. The van der Waals surface area contributed by atoms with Crippen molar-refractivity contribution in [2.45, 2.75) is 33.1 Å². The lowest BCUT2D eigenvalue weighted by atomic mass is 9.95. The molecular formula is C18H23N3O2S2. The fourth-order valence-electron chi connectivity index (χ4n) is 2.98. The van der Waals surface area contributed by atoms with Crippen LogP contribution in [0.4, 0.5) is 0 Å². The van der Waals surface area contributed by atoms with E-state index in [1.165, 1.54) is 11.3 Å². The van der Waals surface area contributed by atoms with E-state index in [0.717, 1.165) is 46.3 Å². The highest BCUT2D eigenvalue weighted by molar-refractivity contribution is 7.22. The number of thiophene rings is 1. The molecule has 1 fully saturated rings. The molecule has 0 spiro atoms. The molecular weight excluding hydrogens is 354 g/mol. The molecule has 25 heavy (non-hydrogen) atoms. The fraction of sp³-hybridized carbons (Fsp3) is 0.500. The number of hydrogen-bond acceptors (Lipinski definition) is 5. The Morgan fingerprint density at radius 1 is 1.36 bits per heavy atom. The summed E-state index contributed by atoms with van der Waals surface area (Å²) in [6, 6.07) is 4.02. The van der Waals surface area contributed by atoms with Crippen LogP contribution in [-0.4, -0.2) is 41.3 Å². The Balaban J connectivity index is 1.62. The minimum Gasteiger partial charge on any atom is -0.356 e. The summed E-state index contributed by atoms with van der Waals surface area (Å²) in [4.78, 5) is 33.2.